The van der Waals surface area contributed by atoms with Gasteiger partial charge >= 0.3 is 6.18 Å². The normalized spacial score (nSPS) is 20.3. The first-order chi connectivity index (χ1) is 30.7. The van der Waals surface area contributed by atoms with Gasteiger partial charge in [0.25, 0.3) is 5.91 Å². The van der Waals surface area contributed by atoms with Gasteiger partial charge in [0, 0.05) is 24.6 Å². The molecule has 3 aromatic carbocycles. The largest absolute Gasteiger partial charge is 0.491 e. The van der Waals surface area contributed by atoms with E-state index < -0.39 is 52.3 Å². The summed E-state index contributed by atoms with van der Waals surface area (Å²) in [5.41, 5.74) is -1.07. The van der Waals surface area contributed by atoms with E-state index in [1.807, 2.05) is 58.9 Å². The van der Waals surface area contributed by atoms with Crippen LogP contribution in [0.15, 0.2) is 66.7 Å². The number of benzene rings is 3. The second-order valence-electron chi connectivity index (χ2n) is 18.2. The van der Waals surface area contributed by atoms with E-state index in [0.717, 1.165) is 28.2 Å². The number of carbonyl (C=O) groups is 4. The van der Waals surface area contributed by atoms with Gasteiger partial charge in [-0.2, -0.15) is 18.4 Å². The van der Waals surface area contributed by atoms with E-state index in [1.54, 1.807) is 54.0 Å². The number of likely N-dealkylation sites (tertiary alicyclic amines) is 1. The van der Waals surface area contributed by atoms with Crippen LogP contribution < -0.4 is 25.2 Å². The topological polar surface area (TPSA) is 154 Å². The molecule has 0 unspecified atom stereocenters. The van der Waals surface area contributed by atoms with E-state index >= 15 is 0 Å². The van der Waals surface area contributed by atoms with Crippen LogP contribution in [-0.4, -0.2) is 90.3 Å². The van der Waals surface area contributed by atoms with Crippen molar-refractivity contribution in [1.29, 1.82) is 5.26 Å². The molecule has 5 atom stereocenters. The lowest BCUT2D eigenvalue weighted by Gasteiger charge is -2.36. The van der Waals surface area contributed by atoms with Crippen molar-refractivity contribution in [1.82, 2.24) is 15.5 Å². The number of hydrogen-bond acceptors (Lipinski definition) is 9. The molecule has 0 spiro atoms. The molecule has 0 saturated carbocycles. The summed E-state index contributed by atoms with van der Waals surface area (Å²) < 4.78 is 59.2. The van der Waals surface area contributed by atoms with Crippen LogP contribution in [0.4, 0.5) is 24.5 Å². The van der Waals surface area contributed by atoms with E-state index in [2.05, 4.69) is 10.6 Å². The van der Waals surface area contributed by atoms with Crippen LogP contribution in [0.2, 0.25) is 0 Å². The second-order valence-corrected chi connectivity index (χ2v) is 18.6. The van der Waals surface area contributed by atoms with Gasteiger partial charge in [0.15, 0.2) is 5.11 Å². The van der Waals surface area contributed by atoms with Crippen molar-refractivity contribution in [3.8, 4) is 11.8 Å². The predicted octanol–water partition coefficient (Wildman–Crippen LogP) is 7.26. The summed E-state index contributed by atoms with van der Waals surface area (Å²) in [4.78, 5) is 58.7. The minimum absolute atomic E-state index is 0.0146. The smallest absolute Gasteiger partial charge is 0.417 e. The van der Waals surface area contributed by atoms with E-state index in [9.17, 15) is 37.6 Å². The quantitative estimate of drug-likeness (QED) is 0.111. The molecular weight excluding hydrogens is 862 g/mol. The third kappa shape index (κ3) is 10.6. The van der Waals surface area contributed by atoms with Gasteiger partial charge in [0.1, 0.15) is 30.0 Å². The molecule has 0 radical (unpaired) electrons. The standard InChI is InChI=1S/C48H57F3N6O7S/c1-8-29(2)41(58)54-40(46(3,4)5)43(60)55-21-11-14-37(55)42(59)53-39-35-13-10-9-12-30(35)26-38(39)64-25-23-62-22-24-63-34-19-17-32(18-20-34)57-45(65)56(44(61)47(57,6)7)33-16-15-31(28-52)36(27-33)48(49,50)51/h9-10,12-13,15-20,27,29,37-40H,8,11,14,21-26H2,1-7H3,(H,53,59)(H,54,58)/t29-,37+,38-,39+,40-/m1/s1. The Kier molecular flexibility index (Phi) is 15.0. The number of hydrogen-bond donors (Lipinski definition) is 2. The molecule has 2 N–H and O–H groups in total. The zero-order chi connectivity index (χ0) is 47.4. The van der Waals surface area contributed by atoms with Crippen molar-refractivity contribution in [2.24, 2.45) is 11.3 Å². The highest BCUT2D eigenvalue weighted by Crippen LogP contribution is 2.40. The average molecular weight is 919 g/mol. The monoisotopic (exact) mass is 918 g/mol. The third-order valence-electron chi connectivity index (χ3n) is 12.3. The van der Waals surface area contributed by atoms with Crippen LogP contribution in [0.3, 0.4) is 0 Å². The molecule has 0 aromatic heterocycles. The molecule has 3 aromatic rings. The lowest BCUT2D eigenvalue weighted by atomic mass is 9.85. The van der Waals surface area contributed by atoms with Crippen molar-refractivity contribution in [2.45, 2.75) is 110 Å². The zero-order valence-electron chi connectivity index (χ0n) is 37.8. The molecule has 2 aliphatic heterocycles. The highest BCUT2D eigenvalue weighted by Gasteiger charge is 2.51. The van der Waals surface area contributed by atoms with Crippen LogP contribution in [0.25, 0.3) is 0 Å². The molecule has 65 heavy (non-hydrogen) atoms. The highest BCUT2D eigenvalue weighted by atomic mass is 32.1. The van der Waals surface area contributed by atoms with Gasteiger partial charge in [-0.3, -0.25) is 24.1 Å². The van der Waals surface area contributed by atoms with Gasteiger partial charge in [0.05, 0.1) is 54.8 Å². The van der Waals surface area contributed by atoms with Crippen LogP contribution in [0, 0.1) is 22.7 Å². The SMILES string of the molecule is CC[C@@H](C)C(=O)N[C@H](C(=O)N1CCC[C@H]1C(=O)N[C@H]1c2ccccc2C[C@H]1OCCOCCOc1ccc(N2C(=S)N(c3ccc(C#N)c(C(F)(F)F)c3)C(=O)C2(C)C)cc1)C(C)(C)C. The Bertz CT molecular complexity index is 2310. The third-order valence-corrected chi connectivity index (χ3v) is 12.7. The summed E-state index contributed by atoms with van der Waals surface area (Å²) in [6.07, 6.45) is -2.76. The van der Waals surface area contributed by atoms with E-state index in [4.69, 9.17) is 26.4 Å². The Morgan fingerprint density at radius 1 is 0.985 bits per heavy atom. The summed E-state index contributed by atoms with van der Waals surface area (Å²) in [5, 5.41) is 15.4. The van der Waals surface area contributed by atoms with Gasteiger partial charge in [-0.05, 0) is 104 Å². The van der Waals surface area contributed by atoms with Crippen LogP contribution in [0.5, 0.6) is 5.75 Å². The van der Waals surface area contributed by atoms with Crippen LogP contribution in [0.1, 0.15) is 96.0 Å². The number of rotatable bonds is 16. The van der Waals surface area contributed by atoms with Crippen molar-refractivity contribution < 1.29 is 46.6 Å². The molecule has 13 nitrogen and oxygen atoms in total. The van der Waals surface area contributed by atoms with E-state index in [0.29, 0.717) is 43.7 Å². The summed E-state index contributed by atoms with van der Waals surface area (Å²) >= 11 is 5.64. The summed E-state index contributed by atoms with van der Waals surface area (Å²) in [6, 6.07) is 17.3. The molecule has 2 heterocycles. The van der Waals surface area contributed by atoms with Crippen LogP contribution in [-0.2, 0) is 41.2 Å². The predicted molar refractivity (Wildman–Crippen MR) is 242 cm³/mol. The maximum Gasteiger partial charge on any atom is 0.417 e. The first-order valence-corrected chi connectivity index (χ1v) is 22.3. The maximum atomic E-state index is 14.0. The fraction of sp³-hybridized carbons (Fsp3) is 0.500. The number of anilines is 2. The van der Waals surface area contributed by atoms with Gasteiger partial charge in [-0.15, -0.1) is 0 Å². The van der Waals surface area contributed by atoms with Crippen molar-refractivity contribution in [3.63, 3.8) is 0 Å². The molecule has 348 valence electrons. The van der Waals surface area contributed by atoms with Gasteiger partial charge < -0.3 is 34.6 Å². The molecule has 0 bridgehead atoms. The molecule has 4 amide bonds. The van der Waals surface area contributed by atoms with E-state index in [1.165, 1.54) is 6.07 Å². The maximum absolute atomic E-state index is 14.0. The molecule has 2 saturated heterocycles. The van der Waals surface area contributed by atoms with Crippen molar-refractivity contribution in [3.05, 3.63) is 89.0 Å². The summed E-state index contributed by atoms with van der Waals surface area (Å²) in [6.45, 7) is 14.1. The number of fused-ring (bicyclic) bond motifs is 1. The first-order valence-electron chi connectivity index (χ1n) is 21.9. The molecule has 3 aliphatic rings. The molecular formula is C48H57F3N6O7S. The number of ether oxygens (including phenoxy) is 3. The van der Waals surface area contributed by atoms with Crippen molar-refractivity contribution >= 4 is 52.3 Å². The Morgan fingerprint density at radius 2 is 1.66 bits per heavy atom. The minimum Gasteiger partial charge on any atom is -0.491 e. The number of carbonyl (C=O) groups excluding carboxylic acids is 4. The second kappa shape index (κ2) is 19.9. The zero-order valence-corrected chi connectivity index (χ0v) is 38.6. The molecule has 1 aliphatic carbocycles. The Morgan fingerprint density at radius 3 is 2.32 bits per heavy atom. The minimum atomic E-state index is -4.81. The Hall–Kier alpha value is -5.57. The van der Waals surface area contributed by atoms with Crippen molar-refractivity contribution in [2.75, 3.05) is 42.8 Å². The average Bonchev–Trinajstić information content (AvgIpc) is 3.94. The fourth-order valence-corrected chi connectivity index (χ4v) is 8.97. The molecule has 2 fully saturated rings. The number of nitrogens with one attached hydrogen (secondary N) is 2. The number of alkyl halides is 3. The van der Waals surface area contributed by atoms with Gasteiger partial charge in [-0.25, -0.2) is 0 Å². The fourth-order valence-electron chi connectivity index (χ4n) is 8.45. The molecule has 17 heteroatoms. The lowest BCUT2D eigenvalue weighted by molar-refractivity contribution is -0.144. The summed E-state index contributed by atoms with van der Waals surface area (Å²) in [7, 11) is 0. The Labute approximate surface area is 383 Å². The highest BCUT2D eigenvalue weighted by molar-refractivity contribution is 7.81. The van der Waals surface area contributed by atoms with Crippen LogP contribution >= 0.6 is 12.2 Å². The number of halogens is 3. The first kappa shape index (κ1) is 48.9. The van der Waals surface area contributed by atoms with E-state index in [-0.39, 0.29) is 67.0 Å². The van der Waals surface area contributed by atoms with Gasteiger partial charge in [-0.1, -0.05) is 58.9 Å². The number of nitrogens with zero attached hydrogens (tertiary/aromatic N) is 4. The Balaban J connectivity index is 0.996. The number of nitriles is 1. The number of thiocarbonyl (C=S) groups is 1. The van der Waals surface area contributed by atoms with Gasteiger partial charge in [0.2, 0.25) is 17.7 Å². The summed E-state index contributed by atoms with van der Waals surface area (Å²) in [5.74, 6) is -0.972. The molecule has 6 rings (SSSR count). The number of amides is 4. The lowest BCUT2D eigenvalue weighted by Crippen LogP contribution is -2.58.